The Balaban J connectivity index is 1.81. The van der Waals surface area contributed by atoms with Crippen LogP contribution in [0.3, 0.4) is 0 Å². The van der Waals surface area contributed by atoms with Gasteiger partial charge in [0.05, 0.1) is 25.8 Å². The molecule has 0 radical (unpaired) electrons. The van der Waals surface area contributed by atoms with Gasteiger partial charge in [-0.3, -0.25) is 4.79 Å². The summed E-state index contributed by atoms with van der Waals surface area (Å²) in [5.74, 6) is 0.208. The molecule has 0 aromatic heterocycles. The van der Waals surface area contributed by atoms with Gasteiger partial charge in [0.2, 0.25) is 15.9 Å². The molecule has 0 spiro atoms. The highest BCUT2D eigenvalue weighted by Gasteiger charge is 2.35. The van der Waals surface area contributed by atoms with Crippen LogP contribution in [-0.2, 0) is 14.8 Å². The second-order valence-electron chi connectivity index (χ2n) is 7.55. The van der Waals surface area contributed by atoms with E-state index in [0.29, 0.717) is 36.6 Å². The zero-order chi connectivity index (χ0) is 21.9. The van der Waals surface area contributed by atoms with Crippen molar-refractivity contribution in [2.45, 2.75) is 31.6 Å². The van der Waals surface area contributed by atoms with E-state index in [2.05, 4.69) is 5.32 Å². The number of methoxy groups -OCH3 is 2. The van der Waals surface area contributed by atoms with E-state index in [1.807, 2.05) is 26.0 Å². The van der Waals surface area contributed by atoms with Crippen molar-refractivity contribution in [2.24, 2.45) is 5.92 Å². The average molecular weight is 433 g/mol. The monoisotopic (exact) mass is 432 g/mol. The number of hydrogen-bond donors (Lipinski definition) is 1. The summed E-state index contributed by atoms with van der Waals surface area (Å²) in [7, 11) is -0.787. The van der Waals surface area contributed by atoms with E-state index < -0.39 is 15.9 Å². The van der Waals surface area contributed by atoms with Crippen LogP contribution in [0.4, 0.5) is 5.69 Å². The summed E-state index contributed by atoms with van der Waals surface area (Å²) in [4.78, 5) is 13.1. The van der Waals surface area contributed by atoms with E-state index in [9.17, 15) is 13.2 Å². The summed E-state index contributed by atoms with van der Waals surface area (Å²) in [6, 6.07) is 10.6. The topological polar surface area (TPSA) is 84.9 Å². The molecule has 1 aliphatic heterocycles. The summed E-state index contributed by atoms with van der Waals surface area (Å²) >= 11 is 0. The first kappa shape index (κ1) is 22.1. The second-order valence-corrected chi connectivity index (χ2v) is 9.46. The Morgan fingerprint density at radius 2 is 1.67 bits per heavy atom. The van der Waals surface area contributed by atoms with Crippen molar-refractivity contribution in [3.63, 3.8) is 0 Å². The lowest BCUT2D eigenvalue weighted by Crippen LogP contribution is -2.43. The van der Waals surface area contributed by atoms with Crippen LogP contribution in [0.15, 0.2) is 41.3 Å². The minimum Gasteiger partial charge on any atom is -0.495 e. The van der Waals surface area contributed by atoms with Gasteiger partial charge in [0.15, 0.2) is 0 Å². The van der Waals surface area contributed by atoms with E-state index in [1.165, 1.54) is 11.4 Å². The van der Waals surface area contributed by atoms with Crippen molar-refractivity contribution in [1.29, 1.82) is 0 Å². The number of carbonyl (C=O) groups excluding carboxylic acids is 1. The van der Waals surface area contributed by atoms with Gasteiger partial charge in [-0.25, -0.2) is 8.42 Å². The van der Waals surface area contributed by atoms with Crippen LogP contribution in [0.5, 0.6) is 11.5 Å². The molecule has 8 heteroatoms. The third-order valence-electron chi connectivity index (χ3n) is 5.30. The van der Waals surface area contributed by atoms with Crippen LogP contribution in [-0.4, -0.2) is 45.9 Å². The van der Waals surface area contributed by atoms with Gasteiger partial charge in [-0.15, -0.1) is 0 Å². The number of ether oxygens (including phenoxy) is 2. The highest BCUT2D eigenvalue weighted by atomic mass is 32.2. The fourth-order valence-electron chi connectivity index (χ4n) is 3.65. The zero-order valence-electron chi connectivity index (χ0n) is 17.8. The van der Waals surface area contributed by atoms with Gasteiger partial charge in [0.1, 0.15) is 16.4 Å². The van der Waals surface area contributed by atoms with Crippen LogP contribution in [0.2, 0.25) is 0 Å². The molecule has 2 aromatic rings. The number of nitrogens with one attached hydrogen (secondary N) is 1. The molecule has 1 N–H and O–H groups in total. The van der Waals surface area contributed by atoms with Crippen LogP contribution in [0, 0.1) is 19.8 Å². The Morgan fingerprint density at radius 1 is 1.03 bits per heavy atom. The maximum Gasteiger partial charge on any atom is 0.246 e. The Bertz CT molecular complexity index is 1040. The molecule has 1 amide bonds. The fourth-order valence-corrected chi connectivity index (χ4v) is 5.42. The fraction of sp³-hybridized carbons (Fsp3) is 0.409. The molecule has 1 heterocycles. The molecule has 1 saturated heterocycles. The quantitative estimate of drug-likeness (QED) is 0.757. The maximum atomic E-state index is 13.3. The number of piperidine rings is 1. The normalized spacial score (nSPS) is 17.4. The van der Waals surface area contributed by atoms with Crippen molar-refractivity contribution in [1.82, 2.24) is 4.31 Å². The predicted molar refractivity (Wildman–Crippen MR) is 116 cm³/mol. The first-order valence-electron chi connectivity index (χ1n) is 9.86. The summed E-state index contributed by atoms with van der Waals surface area (Å²) < 4.78 is 38.5. The molecule has 0 saturated carbocycles. The minimum absolute atomic E-state index is 0.124. The molecule has 2 aromatic carbocycles. The Labute approximate surface area is 178 Å². The zero-order valence-corrected chi connectivity index (χ0v) is 18.6. The number of benzene rings is 2. The third kappa shape index (κ3) is 4.60. The minimum atomic E-state index is -3.78. The molecule has 162 valence electrons. The molecule has 3 rings (SSSR count). The standard InChI is InChI=1S/C22H28N2O5S/c1-15-7-9-19(28-3)18(12-15)23-22(25)17-6-5-11-24(14-17)30(26,27)21-13-16(2)8-10-20(21)29-4/h7-10,12-13,17H,5-6,11,14H2,1-4H3,(H,23,25)/t17-/m0/s1. The van der Waals surface area contributed by atoms with Gasteiger partial charge in [0, 0.05) is 13.1 Å². The first-order chi connectivity index (χ1) is 14.3. The smallest absolute Gasteiger partial charge is 0.246 e. The Kier molecular flexibility index (Phi) is 6.67. The van der Waals surface area contributed by atoms with Crippen LogP contribution < -0.4 is 14.8 Å². The molecule has 0 aliphatic carbocycles. The van der Waals surface area contributed by atoms with E-state index >= 15 is 0 Å². The number of aryl methyl sites for hydroxylation is 2. The molecular weight excluding hydrogens is 404 g/mol. The number of sulfonamides is 1. The predicted octanol–water partition coefficient (Wildman–Crippen LogP) is 3.36. The van der Waals surface area contributed by atoms with Crippen LogP contribution in [0.25, 0.3) is 0 Å². The number of nitrogens with zero attached hydrogens (tertiary/aromatic N) is 1. The lowest BCUT2D eigenvalue weighted by Gasteiger charge is -2.31. The average Bonchev–Trinajstić information content (AvgIpc) is 2.74. The second kappa shape index (κ2) is 9.06. The highest BCUT2D eigenvalue weighted by molar-refractivity contribution is 7.89. The first-order valence-corrected chi connectivity index (χ1v) is 11.3. The molecule has 1 aliphatic rings. The maximum absolute atomic E-state index is 13.3. The van der Waals surface area contributed by atoms with Gasteiger partial charge < -0.3 is 14.8 Å². The summed E-state index contributed by atoms with van der Waals surface area (Å²) in [5, 5.41) is 2.91. The van der Waals surface area contributed by atoms with Gasteiger partial charge >= 0.3 is 0 Å². The summed E-state index contributed by atoms with van der Waals surface area (Å²) in [6.45, 7) is 4.26. The van der Waals surface area contributed by atoms with E-state index in [4.69, 9.17) is 9.47 Å². The molecule has 30 heavy (non-hydrogen) atoms. The molecule has 1 atom stereocenters. The van der Waals surface area contributed by atoms with E-state index in [1.54, 1.807) is 31.4 Å². The van der Waals surface area contributed by atoms with E-state index in [-0.39, 0.29) is 17.3 Å². The number of anilines is 1. The summed E-state index contributed by atoms with van der Waals surface area (Å²) in [5.41, 5.74) is 2.40. The Hall–Kier alpha value is -2.58. The van der Waals surface area contributed by atoms with Crippen molar-refractivity contribution in [2.75, 3.05) is 32.6 Å². The van der Waals surface area contributed by atoms with Crippen molar-refractivity contribution in [3.8, 4) is 11.5 Å². The number of rotatable bonds is 6. The largest absolute Gasteiger partial charge is 0.495 e. The van der Waals surface area contributed by atoms with Crippen molar-refractivity contribution in [3.05, 3.63) is 47.5 Å². The van der Waals surface area contributed by atoms with Gasteiger partial charge in [-0.2, -0.15) is 4.31 Å². The molecule has 0 bridgehead atoms. The lowest BCUT2D eigenvalue weighted by molar-refractivity contribution is -0.120. The van der Waals surface area contributed by atoms with Gasteiger partial charge in [-0.1, -0.05) is 12.1 Å². The van der Waals surface area contributed by atoms with Crippen molar-refractivity contribution < 1.29 is 22.7 Å². The molecule has 0 unspecified atom stereocenters. The SMILES string of the molecule is COc1ccc(C)cc1NC(=O)[C@H]1CCCN(S(=O)(=O)c2cc(C)ccc2OC)C1. The third-order valence-corrected chi connectivity index (χ3v) is 7.19. The number of hydrogen-bond acceptors (Lipinski definition) is 5. The van der Waals surface area contributed by atoms with Gasteiger partial charge in [0.25, 0.3) is 0 Å². The van der Waals surface area contributed by atoms with Crippen LogP contribution in [0.1, 0.15) is 24.0 Å². The van der Waals surface area contributed by atoms with E-state index in [0.717, 1.165) is 11.1 Å². The van der Waals surface area contributed by atoms with Crippen LogP contribution >= 0.6 is 0 Å². The lowest BCUT2D eigenvalue weighted by atomic mass is 9.98. The molecular formula is C22H28N2O5S. The molecule has 7 nitrogen and oxygen atoms in total. The Morgan fingerprint density at radius 3 is 2.33 bits per heavy atom. The van der Waals surface area contributed by atoms with Gasteiger partial charge in [-0.05, 0) is 62.1 Å². The summed E-state index contributed by atoms with van der Waals surface area (Å²) in [6.07, 6.45) is 1.23. The highest BCUT2D eigenvalue weighted by Crippen LogP contribution is 2.32. The number of amides is 1. The number of carbonyl (C=O) groups is 1. The van der Waals surface area contributed by atoms with Crippen molar-refractivity contribution >= 4 is 21.6 Å². The molecule has 1 fully saturated rings.